The quantitative estimate of drug-likeness (QED) is 0.897. The van der Waals surface area contributed by atoms with E-state index in [2.05, 4.69) is 16.4 Å². The monoisotopic (exact) mass is 349 g/mol. The molecular weight excluding hydrogens is 330 g/mol. The lowest BCUT2D eigenvalue weighted by atomic mass is 10.1. The summed E-state index contributed by atoms with van der Waals surface area (Å²) in [4.78, 5) is 20.0. The van der Waals surface area contributed by atoms with Gasteiger partial charge in [-0.25, -0.2) is 4.98 Å². The average molecular weight is 349 g/mol. The van der Waals surface area contributed by atoms with Crippen LogP contribution < -0.4 is 5.32 Å². The molecule has 1 atom stereocenters. The molecule has 4 rings (SSSR count). The molecule has 4 heterocycles. The summed E-state index contributed by atoms with van der Waals surface area (Å²) in [5, 5.41) is 8.61. The van der Waals surface area contributed by atoms with Crippen LogP contribution >= 0.6 is 22.7 Å². The first-order valence-corrected chi connectivity index (χ1v) is 9.64. The molecule has 0 aromatic carbocycles. The molecule has 1 amide bonds. The second-order valence-corrected chi connectivity index (χ2v) is 7.83. The van der Waals surface area contributed by atoms with Crippen molar-refractivity contribution in [2.45, 2.75) is 24.9 Å². The Hall–Kier alpha value is -1.28. The van der Waals surface area contributed by atoms with Gasteiger partial charge in [0.2, 0.25) is 5.91 Å². The number of carbonyl (C=O) groups excluding carboxylic acids is 1. The predicted octanol–water partition coefficient (Wildman–Crippen LogP) is 2.00. The van der Waals surface area contributed by atoms with Crippen molar-refractivity contribution < 1.29 is 9.53 Å². The molecule has 1 unspecified atom stereocenters. The molecule has 0 radical (unpaired) electrons. The van der Waals surface area contributed by atoms with Gasteiger partial charge in [-0.05, 0) is 17.9 Å². The number of thiazole rings is 1. The fourth-order valence-electron chi connectivity index (χ4n) is 2.96. The summed E-state index contributed by atoms with van der Waals surface area (Å²) in [6.45, 7) is 3.26. The van der Waals surface area contributed by atoms with Gasteiger partial charge in [-0.3, -0.25) is 4.79 Å². The number of rotatable bonds is 5. The van der Waals surface area contributed by atoms with Crippen molar-refractivity contribution in [2.24, 2.45) is 0 Å². The second kappa shape index (κ2) is 6.68. The van der Waals surface area contributed by atoms with Gasteiger partial charge in [0.15, 0.2) is 0 Å². The minimum atomic E-state index is 0.175. The molecule has 23 heavy (non-hydrogen) atoms. The fraction of sp³-hybridized carbons (Fsp3) is 0.500. The molecule has 0 bridgehead atoms. The van der Waals surface area contributed by atoms with E-state index in [1.807, 2.05) is 21.7 Å². The number of ether oxygens (including phenoxy) is 1. The highest BCUT2D eigenvalue weighted by Crippen LogP contribution is 2.28. The Bertz CT molecular complexity index is 659. The predicted molar refractivity (Wildman–Crippen MR) is 91.9 cm³/mol. The lowest BCUT2D eigenvalue weighted by Crippen LogP contribution is -2.62. The van der Waals surface area contributed by atoms with Crippen LogP contribution in [0.1, 0.15) is 12.1 Å². The van der Waals surface area contributed by atoms with Crippen LogP contribution in [0.5, 0.6) is 0 Å². The molecular formula is C16H19N3O2S2. The first-order valence-electron chi connectivity index (χ1n) is 7.88. The van der Waals surface area contributed by atoms with Gasteiger partial charge in [0.1, 0.15) is 5.01 Å². The second-order valence-electron chi connectivity index (χ2n) is 6.02. The van der Waals surface area contributed by atoms with Crippen LogP contribution in [0.2, 0.25) is 0 Å². The van der Waals surface area contributed by atoms with Crippen LogP contribution in [0.15, 0.2) is 22.9 Å². The molecule has 2 aliphatic heterocycles. The van der Waals surface area contributed by atoms with E-state index < -0.39 is 0 Å². The van der Waals surface area contributed by atoms with Crippen molar-refractivity contribution in [1.29, 1.82) is 0 Å². The number of carbonyl (C=O) groups is 1. The van der Waals surface area contributed by atoms with Crippen molar-refractivity contribution in [3.63, 3.8) is 0 Å². The average Bonchev–Trinajstić information content (AvgIpc) is 3.23. The summed E-state index contributed by atoms with van der Waals surface area (Å²) >= 11 is 3.29. The molecule has 5 nitrogen and oxygen atoms in total. The third-order valence-corrected chi connectivity index (χ3v) is 6.18. The topological polar surface area (TPSA) is 54.5 Å². The van der Waals surface area contributed by atoms with Crippen LogP contribution in [-0.4, -0.2) is 54.2 Å². The summed E-state index contributed by atoms with van der Waals surface area (Å²) in [5.74, 6) is 0.175. The lowest BCUT2D eigenvalue weighted by molar-refractivity contribution is -0.135. The van der Waals surface area contributed by atoms with E-state index in [9.17, 15) is 4.79 Å². The van der Waals surface area contributed by atoms with Gasteiger partial charge < -0.3 is 15.0 Å². The summed E-state index contributed by atoms with van der Waals surface area (Å²) in [6, 6.07) is 4.97. The molecule has 2 aromatic rings. The highest BCUT2D eigenvalue weighted by atomic mass is 32.1. The molecule has 0 aliphatic carbocycles. The summed E-state index contributed by atoms with van der Waals surface area (Å²) < 4.78 is 5.36. The van der Waals surface area contributed by atoms with Crippen molar-refractivity contribution in [3.05, 3.63) is 28.6 Å². The maximum Gasteiger partial charge on any atom is 0.228 e. The Morgan fingerprint density at radius 2 is 2.30 bits per heavy atom. The van der Waals surface area contributed by atoms with Gasteiger partial charge in [0, 0.05) is 37.2 Å². The molecule has 7 heteroatoms. The third-order valence-electron chi connectivity index (χ3n) is 4.25. The van der Waals surface area contributed by atoms with Crippen LogP contribution in [0.3, 0.4) is 0 Å². The van der Waals surface area contributed by atoms with E-state index in [0.29, 0.717) is 18.5 Å². The van der Waals surface area contributed by atoms with Crippen molar-refractivity contribution in [3.8, 4) is 9.88 Å². The molecule has 1 N–H and O–H groups in total. The first kappa shape index (κ1) is 15.3. The summed E-state index contributed by atoms with van der Waals surface area (Å²) in [5.41, 5.74) is 0.879. The maximum atomic E-state index is 12.3. The normalized spacial score (nSPS) is 21.6. The van der Waals surface area contributed by atoms with E-state index in [-0.39, 0.29) is 5.91 Å². The highest BCUT2D eigenvalue weighted by Gasteiger charge is 2.32. The molecule has 2 saturated heterocycles. The zero-order valence-electron chi connectivity index (χ0n) is 12.7. The Morgan fingerprint density at radius 1 is 1.39 bits per heavy atom. The van der Waals surface area contributed by atoms with E-state index in [1.165, 1.54) is 4.88 Å². The molecule has 2 aliphatic rings. The van der Waals surface area contributed by atoms with Gasteiger partial charge in [-0.15, -0.1) is 22.7 Å². The van der Waals surface area contributed by atoms with Crippen LogP contribution in [-0.2, 0) is 16.0 Å². The summed E-state index contributed by atoms with van der Waals surface area (Å²) in [7, 11) is 0. The van der Waals surface area contributed by atoms with Gasteiger partial charge in [0.25, 0.3) is 0 Å². The zero-order chi connectivity index (χ0) is 15.6. The number of amides is 1. The van der Waals surface area contributed by atoms with Crippen molar-refractivity contribution in [1.82, 2.24) is 15.2 Å². The number of hydrogen-bond donors (Lipinski definition) is 1. The lowest BCUT2D eigenvalue weighted by Gasteiger charge is -2.41. The minimum Gasteiger partial charge on any atom is -0.380 e. The van der Waals surface area contributed by atoms with Gasteiger partial charge in [-0.1, -0.05) is 6.07 Å². The smallest absolute Gasteiger partial charge is 0.228 e. The molecule has 0 saturated carbocycles. The van der Waals surface area contributed by atoms with Crippen molar-refractivity contribution >= 4 is 28.6 Å². The van der Waals surface area contributed by atoms with E-state index in [4.69, 9.17) is 4.74 Å². The number of aromatic nitrogens is 1. The molecule has 0 spiro atoms. The number of thiophene rings is 1. The van der Waals surface area contributed by atoms with E-state index in [1.54, 1.807) is 22.7 Å². The van der Waals surface area contributed by atoms with Crippen molar-refractivity contribution in [2.75, 3.05) is 26.3 Å². The Balaban J connectivity index is 1.26. The number of nitrogens with zero attached hydrogens (tertiary/aromatic N) is 2. The standard InChI is InChI=1S/C16H19N3O2S2/c20-15(19-7-13(8-19)17-11-3-4-21-9-11)6-12-10-23-16(18-12)14-2-1-5-22-14/h1-2,5,10-11,13,17H,3-4,6-9H2. The van der Waals surface area contributed by atoms with E-state index in [0.717, 1.165) is 43.4 Å². The van der Waals surface area contributed by atoms with Crippen LogP contribution in [0.25, 0.3) is 9.88 Å². The van der Waals surface area contributed by atoms with Gasteiger partial charge in [-0.2, -0.15) is 0 Å². The highest BCUT2D eigenvalue weighted by molar-refractivity contribution is 7.20. The van der Waals surface area contributed by atoms with Gasteiger partial charge in [0.05, 0.1) is 23.6 Å². The first-order chi connectivity index (χ1) is 11.3. The number of nitrogens with one attached hydrogen (secondary N) is 1. The molecule has 122 valence electrons. The summed E-state index contributed by atoms with van der Waals surface area (Å²) in [6.07, 6.45) is 1.48. The van der Waals surface area contributed by atoms with Gasteiger partial charge >= 0.3 is 0 Å². The van der Waals surface area contributed by atoms with Crippen LogP contribution in [0, 0.1) is 0 Å². The fourth-order valence-corrected chi connectivity index (χ4v) is 4.59. The largest absolute Gasteiger partial charge is 0.380 e. The Labute approximate surface area is 143 Å². The Morgan fingerprint density at radius 3 is 3.04 bits per heavy atom. The third kappa shape index (κ3) is 3.47. The van der Waals surface area contributed by atoms with E-state index >= 15 is 0 Å². The van der Waals surface area contributed by atoms with Crippen LogP contribution in [0.4, 0.5) is 0 Å². The SMILES string of the molecule is O=C(Cc1csc(-c2cccs2)n1)N1CC(NC2CCOC2)C1. The number of likely N-dealkylation sites (tertiary alicyclic amines) is 1. The zero-order valence-corrected chi connectivity index (χ0v) is 14.4. The molecule has 2 fully saturated rings. The maximum absolute atomic E-state index is 12.3. The number of hydrogen-bond acceptors (Lipinski definition) is 6. The minimum absolute atomic E-state index is 0.175. The molecule has 2 aromatic heterocycles. The Kier molecular flexibility index (Phi) is 4.43.